The minimum atomic E-state index is -0.117. The van der Waals surface area contributed by atoms with Gasteiger partial charge < -0.3 is 15.4 Å². The maximum Gasteiger partial charge on any atom is 0.253 e. The van der Waals surface area contributed by atoms with Gasteiger partial charge in [0.05, 0.1) is 22.2 Å². The number of hydrogen-bond donors (Lipinski definition) is 1. The molecule has 0 saturated carbocycles. The lowest BCUT2D eigenvalue weighted by atomic mass is 10.0. The van der Waals surface area contributed by atoms with Crippen molar-refractivity contribution in [1.29, 1.82) is 0 Å². The second kappa shape index (κ2) is 6.72. The maximum atomic E-state index is 12.3. The summed E-state index contributed by atoms with van der Waals surface area (Å²) in [7, 11) is 0. The monoisotopic (exact) mass is 388 g/mol. The Morgan fingerprint density at radius 2 is 2.00 bits per heavy atom. The SMILES string of the molecule is Nc1ncnc2c(-c3cccc(Cl)c3Cl)cc(N3CCOCC3=O)cc12. The van der Waals surface area contributed by atoms with Crippen LogP contribution >= 0.6 is 23.2 Å². The van der Waals surface area contributed by atoms with Crippen LogP contribution in [0.3, 0.4) is 0 Å². The zero-order chi connectivity index (χ0) is 18.3. The first-order valence-corrected chi connectivity index (χ1v) is 8.68. The smallest absolute Gasteiger partial charge is 0.253 e. The number of ether oxygens (including phenoxy) is 1. The van der Waals surface area contributed by atoms with E-state index < -0.39 is 0 Å². The molecule has 6 nitrogen and oxygen atoms in total. The third-order valence-corrected chi connectivity index (χ3v) is 5.11. The number of benzene rings is 2. The number of morpholine rings is 1. The summed E-state index contributed by atoms with van der Waals surface area (Å²) in [4.78, 5) is 22.4. The van der Waals surface area contributed by atoms with E-state index in [1.54, 1.807) is 11.0 Å². The third kappa shape index (κ3) is 2.86. The van der Waals surface area contributed by atoms with Crippen LogP contribution in [0.25, 0.3) is 22.0 Å². The molecular formula is C18H14Cl2N4O2. The highest BCUT2D eigenvalue weighted by Crippen LogP contribution is 2.39. The number of amides is 1. The molecule has 8 heteroatoms. The molecule has 3 aromatic rings. The van der Waals surface area contributed by atoms with Crippen LogP contribution in [0.5, 0.6) is 0 Å². The topological polar surface area (TPSA) is 81.3 Å². The van der Waals surface area contributed by atoms with Crippen molar-refractivity contribution in [3.05, 3.63) is 46.7 Å². The third-order valence-electron chi connectivity index (χ3n) is 4.29. The van der Waals surface area contributed by atoms with E-state index in [0.717, 1.165) is 5.56 Å². The van der Waals surface area contributed by atoms with Crippen LogP contribution in [0.1, 0.15) is 0 Å². The molecule has 2 heterocycles. The zero-order valence-electron chi connectivity index (χ0n) is 13.6. The Bertz CT molecular complexity index is 1030. The zero-order valence-corrected chi connectivity index (χ0v) is 15.1. The number of carbonyl (C=O) groups excluding carboxylic acids is 1. The van der Waals surface area contributed by atoms with Crippen LogP contribution < -0.4 is 10.6 Å². The lowest BCUT2D eigenvalue weighted by Gasteiger charge is -2.27. The van der Waals surface area contributed by atoms with Gasteiger partial charge in [-0.05, 0) is 18.2 Å². The minimum Gasteiger partial charge on any atom is -0.383 e. The quantitative estimate of drug-likeness (QED) is 0.725. The van der Waals surface area contributed by atoms with Crippen molar-refractivity contribution in [3.8, 4) is 11.1 Å². The van der Waals surface area contributed by atoms with Crippen molar-refractivity contribution >= 4 is 51.5 Å². The summed E-state index contributed by atoms with van der Waals surface area (Å²) in [5, 5.41) is 1.50. The number of nitrogen functional groups attached to an aromatic ring is 1. The second-order valence-electron chi connectivity index (χ2n) is 5.85. The van der Waals surface area contributed by atoms with Gasteiger partial charge in [-0.15, -0.1) is 0 Å². The Morgan fingerprint density at radius 3 is 2.81 bits per heavy atom. The van der Waals surface area contributed by atoms with E-state index in [4.69, 9.17) is 33.7 Å². The van der Waals surface area contributed by atoms with Crippen molar-refractivity contribution in [1.82, 2.24) is 9.97 Å². The predicted octanol–water partition coefficient (Wildman–Crippen LogP) is 3.55. The molecule has 2 N–H and O–H groups in total. The van der Waals surface area contributed by atoms with Crippen molar-refractivity contribution in [2.75, 3.05) is 30.4 Å². The molecule has 1 aliphatic rings. The lowest BCUT2D eigenvalue weighted by molar-refractivity contribution is -0.125. The average Bonchev–Trinajstić information content (AvgIpc) is 2.64. The summed E-state index contributed by atoms with van der Waals surface area (Å²) in [6.45, 7) is 0.977. The highest BCUT2D eigenvalue weighted by atomic mass is 35.5. The van der Waals surface area contributed by atoms with Gasteiger partial charge in [-0.3, -0.25) is 4.79 Å². The van der Waals surface area contributed by atoms with E-state index in [-0.39, 0.29) is 12.5 Å². The minimum absolute atomic E-state index is 0.0477. The van der Waals surface area contributed by atoms with Crippen molar-refractivity contribution in [3.63, 3.8) is 0 Å². The maximum absolute atomic E-state index is 12.3. The van der Waals surface area contributed by atoms with E-state index in [9.17, 15) is 4.79 Å². The fourth-order valence-electron chi connectivity index (χ4n) is 3.04. The molecule has 0 bridgehead atoms. The number of carbonyl (C=O) groups is 1. The largest absolute Gasteiger partial charge is 0.383 e. The number of halogens is 2. The van der Waals surface area contributed by atoms with Crippen LogP contribution in [0.15, 0.2) is 36.7 Å². The summed E-state index contributed by atoms with van der Waals surface area (Å²) < 4.78 is 5.22. The average molecular weight is 389 g/mol. The summed E-state index contributed by atoms with van der Waals surface area (Å²) in [6, 6.07) is 9.07. The van der Waals surface area contributed by atoms with Gasteiger partial charge in [0.25, 0.3) is 5.91 Å². The van der Waals surface area contributed by atoms with Crippen LogP contribution in [0, 0.1) is 0 Å². The molecule has 1 aromatic heterocycles. The fourth-order valence-corrected chi connectivity index (χ4v) is 3.44. The Hall–Kier alpha value is -2.41. The molecule has 1 saturated heterocycles. The standard InChI is InChI=1S/C18H14Cl2N4O2/c19-14-3-1-2-11(16(14)20)12-6-10(24-4-5-26-8-15(24)25)7-13-17(12)22-9-23-18(13)21/h1-3,6-7,9H,4-5,8H2,(H2,21,22,23). The highest BCUT2D eigenvalue weighted by molar-refractivity contribution is 6.44. The number of nitrogens with zero attached hydrogens (tertiary/aromatic N) is 3. The second-order valence-corrected chi connectivity index (χ2v) is 6.63. The number of aromatic nitrogens is 2. The Kier molecular flexibility index (Phi) is 4.40. The van der Waals surface area contributed by atoms with Crippen LogP contribution in [-0.2, 0) is 9.53 Å². The molecule has 4 rings (SSSR count). The first-order valence-electron chi connectivity index (χ1n) is 7.93. The van der Waals surface area contributed by atoms with E-state index in [1.807, 2.05) is 24.3 Å². The van der Waals surface area contributed by atoms with E-state index in [1.165, 1.54) is 6.33 Å². The van der Waals surface area contributed by atoms with Gasteiger partial charge in [0.2, 0.25) is 0 Å². The van der Waals surface area contributed by atoms with Gasteiger partial charge >= 0.3 is 0 Å². The Morgan fingerprint density at radius 1 is 1.15 bits per heavy atom. The first kappa shape index (κ1) is 17.0. The Labute approximate surface area is 159 Å². The number of hydrogen-bond acceptors (Lipinski definition) is 5. The van der Waals surface area contributed by atoms with Crippen LogP contribution in [-0.4, -0.2) is 35.6 Å². The predicted molar refractivity (Wildman–Crippen MR) is 103 cm³/mol. The van der Waals surface area contributed by atoms with E-state index in [2.05, 4.69) is 9.97 Å². The van der Waals surface area contributed by atoms with Gasteiger partial charge in [0, 0.05) is 28.7 Å². The van der Waals surface area contributed by atoms with Gasteiger partial charge in [0.1, 0.15) is 18.8 Å². The van der Waals surface area contributed by atoms with Crippen molar-refractivity contribution in [2.24, 2.45) is 0 Å². The van der Waals surface area contributed by atoms with Crippen LogP contribution in [0.4, 0.5) is 11.5 Å². The molecule has 0 radical (unpaired) electrons. The highest BCUT2D eigenvalue weighted by Gasteiger charge is 2.23. The number of fused-ring (bicyclic) bond motifs is 1. The number of anilines is 2. The van der Waals surface area contributed by atoms with Gasteiger partial charge in [-0.2, -0.15) is 0 Å². The Balaban J connectivity index is 2.00. The molecule has 132 valence electrons. The van der Waals surface area contributed by atoms with Gasteiger partial charge in [-0.1, -0.05) is 35.3 Å². The molecule has 26 heavy (non-hydrogen) atoms. The molecular weight excluding hydrogens is 375 g/mol. The molecule has 0 aliphatic carbocycles. The number of rotatable bonds is 2. The van der Waals surface area contributed by atoms with E-state index >= 15 is 0 Å². The molecule has 1 amide bonds. The molecule has 1 aliphatic heterocycles. The van der Waals surface area contributed by atoms with E-state index in [0.29, 0.717) is 51.2 Å². The number of nitrogens with two attached hydrogens (primary N) is 1. The van der Waals surface area contributed by atoms with Gasteiger partial charge in [0.15, 0.2) is 0 Å². The fraction of sp³-hybridized carbons (Fsp3) is 0.167. The summed E-state index contributed by atoms with van der Waals surface area (Å²) in [5.74, 6) is 0.214. The normalized spacial score (nSPS) is 14.8. The molecule has 1 fully saturated rings. The summed E-state index contributed by atoms with van der Waals surface area (Å²) >= 11 is 12.6. The molecule has 0 spiro atoms. The summed E-state index contributed by atoms with van der Waals surface area (Å²) in [6.07, 6.45) is 1.40. The molecule has 0 unspecified atom stereocenters. The molecule has 0 atom stereocenters. The lowest BCUT2D eigenvalue weighted by Crippen LogP contribution is -2.41. The first-order chi connectivity index (χ1) is 12.6. The van der Waals surface area contributed by atoms with Crippen LogP contribution in [0.2, 0.25) is 10.0 Å². The van der Waals surface area contributed by atoms with Gasteiger partial charge in [-0.25, -0.2) is 9.97 Å². The molecule has 2 aromatic carbocycles. The van der Waals surface area contributed by atoms with Crippen molar-refractivity contribution < 1.29 is 9.53 Å². The van der Waals surface area contributed by atoms with Crippen molar-refractivity contribution in [2.45, 2.75) is 0 Å². The summed E-state index contributed by atoms with van der Waals surface area (Å²) in [5.41, 5.74) is 8.85.